The van der Waals surface area contributed by atoms with Crippen molar-refractivity contribution in [1.82, 2.24) is 0 Å². The maximum atomic E-state index is 2.38. The zero-order valence-corrected chi connectivity index (χ0v) is 6.14. The molecule has 0 aromatic rings. The molecule has 2 rings (SSSR count). The minimum absolute atomic E-state index is 1.15. The monoisotopic (exact) mass is 132 g/mol. The molecular weight excluding hydrogens is 120 g/mol. The molecule has 0 atom stereocenters. The molecule has 0 aliphatic heterocycles. The van der Waals surface area contributed by atoms with E-state index in [4.69, 9.17) is 0 Å². The molecule has 0 saturated carbocycles. The van der Waals surface area contributed by atoms with E-state index < -0.39 is 0 Å². The SMILES string of the molecule is C1=CC(C2=CCCC2)=CC1. The van der Waals surface area contributed by atoms with Crippen molar-refractivity contribution < 1.29 is 0 Å². The zero-order valence-electron chi connectivity index (χ0n) is 6.14. The smallest absolute Gasteiger partial charge is 0.0157 e. The van der Waals surface area contributed by atoms with Crippen LogP contribution in [0.2, 0.25) is 0 Å². The molecule has 0 nitrogen and oxygen atoms in total. The van der Waals surface area contributed by atoms with Crippen LogP contribution in [0.1, 0.15) is 25.7 Å². The fraction of sp³-hybridized carbons (Fsp3) is 0.400. The van der Waals surface area contributed by atoms with Crippen molar-refractivity contribution in [3.8, 4) is 0 Å². The van der Waals surface area contributed by atoms with Gasteiger partial charge in [0.25, 0.3) is 0 Å². The summed E-state index contributed by atoms with van der Waals surface area (Å²) in [4.78, 5) is 0. The maximum Gasteiger partial charge on any atom is -0.0157 e. The Morgan fingerprint density at radius 1 is 1.20 bits per heavy atom. The van der Waals surface area contributed by atoms with Gasteiger partial charge in [-0.2, -0.15) is 0 Å². The lowest BCUT2D eigenvalue weighted by molar-refractivity contribution is 0.912. The second-order valence-corrected chi connectivity index (χ2v) is 2.92. The number of hydrogen-bond acceptors (Lipinski definition) is 0. The molecular formula is C10H12. The molecule has 0 aromatic carbocycles. The highest BCUT2D eigenvalue weighted by atomic mass is 14.1. The van der Waals surface area contributed by atoms with E-state index in [0.717, 1.165) is 6.42 Å². The molecule has 0 fully saturated rings. The Morgan fingerprint density at radius 3 is 2.80 bits per heavy atom. The standard InChI is InChI=1S/C10H12/c1-2-6-9(5-1)10-7-3-4-8-10/h1,5-7H,2-4,8H2. The van der Waals surface area contributed by atoms with Gasteiger partial charge in [0.15, 0.2) is 0 Å². The largest absolute Gasteiger partial charge is 0.0807 e. The van der Waals surface area contributed by atoms with Gasteiger partial charge in [0, 0.05) is 0 Å². The summed E-state index contributed by atoms with van der Waals surface area (Å²) in [5, 5.41) is 0. The third-order valence-electron chi connectivity index (χ3n) is 2.18. The Bertz CT molecular complexity index is 216. The molecule has 0 heterocycles. The Balaban J connectivity index is 2.18. The van der Waals surface area contributed by atoms with Gasteiger partial charge in [0.2, 0.25) is 0 Å². The predicted octanol–water partition coefficient (Wildman–Crippen LogP) is 2.98. The summed E-state index contributed by atoms with van der Waals surface area (Å²) in [7, 11) is 0. The average Bonchev–Trinajstić information content (AvgIpc) is 2.59. The van der Waals surface area contributed by atoms with Crippen LogP contribution in [0.4, 0.5) is 0 Å². The molecule has 0 radical (unpaired) electrons. The van der Waals surface area contributed by atoms with Crippen molar-refractivity contribution in [2.75, 3.05) is 0 Å². The lowest BCUT2D eigenvalue weighted by Crippen LogP contribution is -1.77. The van der Waals surface area contributed by atoms with Crippen LogP contribution in [-0.2, 0) is 0 Å². The molecule has 2 aliphatic carbocycles. The summed E-state index contributed by atoms with van der Waals surface area (Å²) >= 11 is 0. The van der Waals surface area contributed by atoms with E-state index >= 15 is 0 Å². The van der Waals surface area contributed by atoms with Crippen molar-refractivity contribution >= 4 is 0 Å². The molecule has 0 aromatic heterocycles. The fourth-order valence-corrected chi connectivity index (χ4v) is 1.63. The zero-order chi connectivity index (χ0) is 6.81. The third-order valence-corrected chi connectivity index (χ3v) is 2.18. The number of rotatable bonds is 1. The molecule has 0 heteroatoms. The summed E-state index contributed by atoms with van der Waals surface area (Å²) in [5.41, 5.74) is 3.06. The Labute approximate surface area is 61.9 Å². The highest BCUT2D eigenvalue weighted by Crippen LogP contribution is 2.27. The number of allylic oxidation sites excluding steroid dienone is 6. The van der Waals surface area contributed by atoms with Crippen LogP contribution in [0.5, 0.6) is 0 Å². The first-order valence-corrected chi connectivity index (χ1v) is 4.03. The van der Waals surface area contributed by atoms with Gasteiger partial charge in [-0.25, -0.2) is 0 Å². The van der Waals surface area contributed by atoms with Crippen LogP contribution in [0, 0.1) is 0 Å². The topological polar surface area (TPSA) is 0 Å². The Morgan fingerprint density at radius 2 is 2.20 bits per heavy atom. The van der Waals surface area contributed by atoms with Crippen molar-refractivity contribution in [1.29, 1.82) is 0 Å². The summed E-state index contributed by atoms with van der Waals surface area (Å²) in [6.07, 6.45) is 14.3. The van der Waals surface area contributed by atoms with Crippen molar-refractivity contribution in [3.63, 3.8) is 0 Å². The van der Waals surface area contributed by atoms with Crippen LogP contribution in [0.3, 0.4) is 0 Å². The summed E-state index contributed by atoms with van der Waals surface area (Å²) < 4.78 is 0. The summed E-state index contributed by atoms with van der Waals surface area (Å²) in [5.74, 6) is 0. The lowest BCUT2D eigenvalue weighted by Gasteiger charge is -1.97. The van der Waals surface area contributed by atoms with Crippen LogP contribution < -0.4 is 0 Å². The molecule has 0 N–H and O–H groups in total. The van der Waals surface area contributed by atoms with Crippen molar-refractivity contribution in [2.24, 2.45) is 0 Å². The Kier molecular flexibility index (Phi) is 1.46. The lowest BCUT2D eigenvalue weighted by atomic mass is 10.1. The predicted molar refractivity (Wildman–Crippen MR) is 43.8 cm³/mol. The van der Waals surface area contributed by atoms with Gasteiger partial charge in [0.1, 0.15) is 0 Å². The van der Waals surface area contributed by atoms with E-state index in [2.05, 4.69) is 24.3 Å². The first kappa shape index (κ1) is 5.96. The van der Waals surface area contributed by atoms with Crippen LogP contribution in [-0.4, -0.2) is 0 Å². The van der Waals surface area contributed by atoms with E-state index in [0.29, 0.717) is 0 Å². The second kappa shape index (κ2) is 2.45. The van der Waals surface area contributed by atoms with Crippen LogP contribution in [0.25, 0.3) is 0 Å². The van der Waals surface area contributed by atoms with Gasteiger partial charge < -0.3 is 0 Å². The van der Waals surface area contributed by atoms with Crippen LogP contribution >= 0.6 is 0 Å². The maximum absolute atomic E-state index is 2.38. The molecule has 0 spiro atoms. The van der Waals surface area contributed by atoms with Gasteiger partial charge >= 0.3 is 0 Å². The molecule has 10 heavy (non-hydrogen) atoms. The third kappa shape index (κ3) is 0.942. The van der Waals surface area contributed by atoms with E-state index in [-0.39, 0.29) is 0 Å². The van der Waals surface area contributed by atoms with Gasteiger partial charge in [-0.05, 0) is 36.8 Å². The first-order valence-electron chi connectivity index (χ1n) is 4.03. The van der Waals surface area contributed by atoms with Gasteiger partial charge in [-0.1, -0.05) is 24.3 Å². The van der Waals surface area contributed by atoms with Crippen molar-refractivity contribution in [2.45, 2.75) is 25.7 Å². The van der Waals surface area contributed by atoms with E-state index in [1.807, 2.05) is 0 Å². The Hall–Kier alpha value is -0.780. The molecule has 0 bridgehead atoms. The summed E-state index contributed by atoms with van der Waals surface area (Å²) in [6, 6.07) is 0. The molecule has 2 aliphatic rings. The summed E-state index contributed by atoms with van der Waals surface area (Å²) in [6.45, 7) is 0. The fourth-order valence-electron chi connectivity index (χ4n) is 1.63. The van der Waals surface area contributed by atoms with Crippen LogP contribution in [0.15, 0.2) is 35.5 Å². The van der Waals surface area contributed by atoms with E-state index in [9.17, 15) is 0 Å². The van der Waals surface area contributed by atoms with Crippen molar-refractivity contribution in [3.05, 3.63) is 35.5 Å². The molecule has 0 amide bonds. The molecule has 52 valence electrons. The first-order chi connectivity index (χ1) is 4.97. The minimum Gasteiger partial charge on any atom is -0.0807 e. The minimum atomic E-state index is 1.15. The van der Waals surface area contributed by atoms with E-state index in [1.54, 1.807) is 5.57 Å². The van der Waals surface area contributed by atoms with Gasteiger partial charge in [-0.3, -0.25) is 0 Å². The molecule has 0 unspecified atom stereocenters. The highest BCUT2D eigenvalue weighted by Gasteiger charge is 2.08. The van der Waals surface area contributed by atoms with E-state index in [1.165, 1.54) is 24.8 Å². The van der Waals surface area contributed by atoms with Gasteiger partial charge in [0.05, 0.1) is 0 Å². The van der Waals surface area contributed by atoms with Gasteiger partial charge in [-0.15, -0.1) is 0 Å². The normalized spacial score (nSPS) is 23.2. The number of hydrogen-bond donors (Lipinski definition) is 0. The quantitative estimate of drug-likeness (QED) is 0.514. The highest BCUT2D eigenvalue weighted by molar-refractivity contribution is 5.44. The second-order valence-electron chi connectivity index (χ2n) is 2.92. The average molecular weight is 132 g/mol. The molecule has 0 saturated heterocycles.